The summed E-state index contributed by atoms with van der Waals surface area (Å²) >= 11 is 0. The maximum Gasteiger partial charge on any atom is 0.309 e. The Hall–Kier alpha value is -0.790. The molecule has 1 aliphatic rings. The zero-order valence-electron chi connectivity index (χ0n) is 9.49. The predicted octanol–water partition coefficient (Wildman–Crippen LogP) is 2.64. The number of cyclic esters (lactones) is 1. The van der Waals surface area contributed by atoms with Crippen LogP contribution in [0, 0.1) is 23.7 Å². The first kappa shape index (κ1) is 11.3. The summed E-state index contributed by atoms with van der Waals surface area (Å²) in [6.45, 7) is 9.03. The van der Waals surface area contributed by atoms with Crippen molar-refractivity contribution in [3.05, 3.63) is 12.2 Å². The summed E-state index contributed by atoms with van der Waals surface area (Å²) in [6.07, 6.45) is 4.29. The molecule has 0 bridgehead atoms. The van der Waals surface area contributed by atoms with E-state index in [1.165, 1.54) is 0 Å². The third-order valence-electron chi connectivity index (χ3n) is 2.74. The average molecular weight is 196 g/mol. The van der Waals surface area contributed by atoms with E-state index in [0.29, 0.717) is 24.4 Å². The highest BCUT2D eigenvalue weighted by Crippen LogP contribution is 2.29. The van der Waals surface area contributed by atoms with Crippen molar-refractivity contribution in [3.63, 3.8) is 0 Å². The Morgan fingerprint density at radius 2 is 2.00 bits per heavy atom. The molecule has 0 amide bonds. The van der Waals surface area contributed by atoms with E-state index in [4.69, 9.17) is 4.74 Å². The van der Waals surface area contributed by atoms with Gasteiger partial charge < -0.3 is 4.74 Å². The number of rotatable bonds is 3. The van der Waals surface area contributed by atoms with Gasteiger partial charge in [0.2, 0.25) is 0 Å². The summed E-state index contributed by atoms with van der Waals surface area (Å²) in [4.78, 5) is 11.4. The molecule has 0 aromatic heterocycles. The molecule has 2 nitrogen and oxygen atoms in total. The fraction of sp³-hybridized carbons (Fsp3) is 0.750. The minimum absolute atomic E-state index is 0.0293. The van der Waals surface area contributed by atoms with Crippen LogP contribution >= 0.6 is 0 Å². The number of ether oxygens (including phenoxy) is 1. The van der Waals surface area contributed by atoms with Crippen molar-refractivity contribution in [2.45, 2.75) is 27.7 Å². The second-order valence-corrected chi connectivity index (χ2v) is 4.62. The summed E-state index contributed by atoms with van der Waals surface area (Å²) < 4.78 is 5.03. The predicted molar refractivity (Wildman–Crippen MR) is 56.8 cm³/mol. The summed E-state index contributed by atoms with van der Waals surface area (Å²) in [5, 5.41) is 0. The molecule has 0 unspecified atom stereocenters. The summed E-state index contributed by atoms with van der Waals surface area (Å²) in [6, 6.07) is 0. The molecule has 1 heterocycles. The van der Waals surface area contributed by atoms with Gasteiger partial charge in [-0.25, -0.2) is 0 Å². The van der Waals surface area contributed by atoms with Gasteiger partial charge in [-0.1, -0.05) is 39.8 Å². The van der Waals surface area contributed by atoms with Crippen LogP contribution in [0.3, 0.4) is 0 Å². The molecule has 2 heteroatoms. The summed E-state index contributed by atoms with van der Waals surface area (Å²) in [7, 11) is 0. The van der Waals surface area contributed by atoms with Gasteiger partial charge in [-0.3, -0.25) is 4.79 Å². The lowest BCUT2D eigenvalue weighted by Crippen LogP contribution is -2.20. The summed E-state index contributed by atoms with van der Waals surface area (Å²) in [5.74, 6) is 1.23. The van der Waals surface area contributed by atoms with E-state index < -0.39 is 0 Å². The van der Waals surface area contributed by atoms with E-state index >= 15 is 0 Å². The lowest BCUT2D eigenvalue weighted by Gasteiger charge is -2.15. The van der Waals surface area contributed by atoms with Crippen molar-refractivity contribution in [3.8, 4) is 0 Å². The topological polar surface area (TPSA) is 26.3 Å². The number of esters is 1. The second-order valence-electron chi connectivity index (χ2n) is 4.62. The molecular weight excluding hydrogens is 176 g/mol. The molecule has 0 saturated carbocycles. The highest BCUT2D eigenvalue weighted by Gasteiger charge is 2.36. The SMILES string of the molecule is CC(C)/C=C/[C@@H](C)[C@@H]1C(=O)OC[C@H]1C. The Bertz CT molecular complexity index is 230. The van der Waals surface area contributed by atoms with E-state index in [-0.39, 0.29) is 11.9 Å². The second kappa shape index (κ2) is 4.63. The van der Waals surface area contributed by atoms with Gasteiger partial charge in [0.25, 0.3) is 0 Å². The highest BCUT2D eigenvalue weighted by molar-refractivity contribution is 5.75. The average Bonchev–Trinajstić information content (AvgIpc) is 2.42. The van der Waals surface area contributed by atoms with E-state index in [1.807, 2.05) is 0 Å². The van der Waals surface area contributed by atoms with Crippen molar-refractivity contribution in [1.82, 2.24) is 0 Å². The van der Waals surface area contributed by atoms with E-state index in [9.17, 15) is 4.79 Å². The first-order valence-electron chi connectivity index (χ1n) is 5.37. The van der Waals surface area contributed by atoms with Gasteiger partial charge in [0.05, 0.1) is 12.5 Å². The van der Waals surface area contributed by atoms with Crippen LogP contribution in [0.15, 0.2) is 12.2 Å². The molecule has 0 N–H and O–H groups in total. The van der Waals surface area contributed by atoms with Crippen LogP contribution in [-0.2, 0) is 9.53 Å². The lowest BCUT2D eigenvalue weighted by molar-refractivity contribution is -0.142. The third kappa shape index (κ3) is 2.60. The largest absolute Gasteiger partial charge is 0.465 e. The number of hydrogen-bond acceptors (Lipinski definition) is 2. The van der Waals surface area contributed by atoms with Crippen LogP contribution in [0.1, 0.15) is 27.7 Å². The number of hydrogen-bond donors (Lipinski definition) is 0. The Balaban J connectivity index is 2.59. The third-order valence-corrected chi connectivity index (χ3v) is 2.74. The fourth-order valence-electron chi connectivity index (χ4n) is 1.90. The van der Waals surface area contributed by atoms with Gasteiger partial charge in [-0.2, -0.15) is 0 Å². The Kier molecular flexibility index (Phi) is 3.73. The molecule has 1 saturated heterocycles. The van der Waals surface area contributed by atoms with Crippen molar-refractivity contribution in [2.75, 3.05) is 6.61 Å². The molecule has 0 aromatic rings. The van der Waals surface area contributed by atoms with E-state index in [2.05, 4.69) is 39.8 Å². The fourth-order valence-corrected chi connectivity index (χ4v) is 1.90. The van der Waals surface area contributed by atoms with Crippen LogP contribution in [0.2, 0.25) is 0 Å². The van der Waals surface area contributed by atoms with Crippen LogP contribution in [-0.4, -0.2) is 12.6 Å². The molecule has 0 spiro atoms. The highest BCUT2D eigenvalue weighted by atomic mass is 16.5. The number of allylic oxidation sites excluding steroid dienone is 2. The Morgan fingerprint density at radius 3 is 2.43 bits per heavy atom. The molecule has 1 rings (SSSR count). The molecule has 3 atom stereocenters. The van der Waals surface area contributed by atoms with E-state index in [1.54, 1.807) is 0 Å². The Morgan fingerprint density at radius 1 is 1.36 bits per heavy atom. The molecule has 0 radical (unpaired) electrons. The molecule has 0 aromatic carbocycles. The molecule has 1 fully saturated rings. The van der Waals surface area contributed by atoms with Crippen molar-refractivity contribution in [1.29, 1.82) is 0 Å². The van der Waals surface area contributed by atoms with Crippen LogP contribution < -0.4 is 0 Å². The van der Waals surface area contributed by atoms with Gasteiger partial charge in [0.15, 0.2) is 0 Å². The smallest absolute Gasteiger partial charge is 0.309 e. The van der Waals surface area contributed by atoms with Crippen molar-refractivity contribution in [2.24, 2.45) is 23.7 Å². The first-order valence-corrected chi connectivity index (χ1v) is 5.37. The minimum atomic E-state index is -0.0293. The minimum Gasteiger partial charge on any atom is -0.465 e. The Labute approximate surface area is 86.3 Å². The molecule has 0 aliphatic carbocycles. The van der Waals surface area contributed by atoms with Crippen molar-refractivity contribution < 1.29 is 9.53 Å². The van der Waals surface area contributed by atoms with E-state index in [0.717, 1.165) is 0 Å². The number of carbonyl (C=O) groups is 1. The quantitative estimate of drug-likeness (QED) is 0.512. The van der Waals surface area contributed by atoms with Gasteiger partial charge in [-0.15, -0.1) is 0 Å². The maximum atomic E-state index is 11.4. The molecule has 14 heavy (non-hydrogen) atoms. The molecule has 80 valence electrons. The van der Waals surface area contributed by atoms with Gasteiger partial charge in [-0.05, 0) is 11.8 Å². The lowest BCUT2D eigenvalue weighted by atomic mass is 9.85. The normalized spacial score (nSPS) is 29.9. The van der Waals surface area contributed by atoms with Gasteiger partial charge >= 0.3 is 5.97 Å². The maximum absolute atomic E-state index is 11.4. The summed E-state index contributed by atoms with van der Waals surface area (Å²) in [5.41, 5.74) is 0. The van der Waals surface area contributed by atoms with Crippen molar-refractivity contribution >= 4 is 5.97 Å². The standard InChI is InChI=1S/C12H20O2/c1-8(2)5-6-9(3)11-10(4)7-14-12(11)13/h5-6,8-11H,7H2,1-4H3/b6-5+/t9-,10-,11+/m1/s1. The van der Waals surface area contributed by atoms with Crippen LogP contribution in [0.25, 0.3) is 0 Å². The van der Waals surface area contributed by atoms with Gasteiger partial charge in [0.1, 0.15) is 0 Å². The van der Waals surface area contributed by atoms with Crippen LogP contribution in [0.4, 0.5) is 0 Å². The van der Waals surface area contributed by atoms with Crippen LogP contribution in [0.5, 0.6) is 0 Å². The first-order chi connectivity index (χ1) is 6.52. The number of carbonyl (C=O) groups excluding carboxylic acids is 1. The monoisotopic (exact) mass is 196 g/mol. The van der Waals surface area contributed by atoms with Gasteiger partial charge in [0, 0.05) is 5.92 Å². The molecular formula is C12H20O2. The zero-order chi connectivity index (χ0) is 10.7. The molecule has 1 aliphatic heterocycles. The zero-order valence-corrected chi connectivity index (χ0v) is 9.49.